The minimum atomic E-state index is -0.627. The van der Waals surface area contributed by atoms with Crippen LogP contribution in [0.4, 0.5) is 11.4 Å². The fourth-order valence-electron chi connectivity index (χ4n) is 2.02. The van der Waals surface area contributed by atoms with Gasteiger partial charge in [0.15, 0.2) is 0 Å². The lowest BCUT2D eigenvalue weighted by Crippen LogP contribution is -2.22. The Balaban J connectivity index is 2.00. The molecule has 1 aromatic carbocycles. The molecule has 108 valence electrons. The van der Waals surface area contributed by atoms with Crippen molar-refractivity contribution in [3.05, 3.63) is 33.9 Å². The Bertz CT molecular complexity index is 511. The SMILES string of the molecule is Nc1ccc([N+](=O)[O-])cc1C(=O)OCC1CCOCC1. The molecular formula is C13H16N2O5. The number of nitrogens with zero attached hydrogens (tertiary/aromatic N) is 1. The molecule has 20 heavy (non-hydrogen) atoms. The monoisotopic (exact) mass is 280 g/mol. The number of non-ortho nitro benzene ring substituents is 1. The first-order valence-electron chi connectivity index (χ1n) is 6.36. The average Bonchev–Trinajstić information content (AvgIpc) is 2.46. The maximum absolute atomic E-state index is 11.9. The van der Waals surface area contributed by atoms with Gasteiger partial charge in [-0.15, -0.1) is 0 Å². The van der Waals surface area contributed by atoms with Crippen molar-refractivity contribution in [1.29, 1.82) is 0 Å². The van der Waals surface area contributed by atoms with Gasteiger partial charge in [-0.1, -0.05) is 0 Å². The summed E-state index contributed by atoms with van der Waals surface area (Å²) in [6.45, 7) is 1.62. The molecule has 0 radical (unpaired) electrons. The van der Waals surface area contributed by atoms with Crippen LogP contribution in [0, 0.1) is 16.0 Å². The molecular weight excluding hydrogens is 264 g/mol. The predicted molar refractivity (Wildman–Crippen MR) is 71.3 cm³/mol. The van der Waals surface area contributed by atoms with Gasteiger partial charge in [0.2, 0.25) is 0 Å². The summed E-state index contributed by atoms with van der Waals surface area (Å²) in [5, 5.41) is 10.7. The van der Waals surface area contributed by atoms with Gasteiger partial charge < -0.3 is 15.2 Å². The highest BCUT2D eigenvalue weighted by Gasteiger charge is 2.19. The average molecular weight is 280 g/mol. The molecule has 2 rings (SSSR count). The van der Waals surface area contributed by atoms with Gasteiger partial charge in [-0.05, 0) is 24.8 Å². The van der Waals surface area contributed by atoms with Crippen molar-refractivity contribution in [2.45, 2.75) is 12.8 Å². The van der Waals surface area contributed by atoms with E-state index in [0.717, 1.165) is 18.9 Å². The number of nitro benzene ring substituents is 1. The molecule has 7 heteroatoms. The Morgan fingerprint density at radius 2 is 2.15 bits per heavy atom. The summed E-state index contributed by atoms with van der Waals surface area (Å²) in [5.74, 6) is -0.356. The van der Waals surface area contributed by atoms with Crippen LogP contribution >= 0.6 is 0 Å². The first-order chi connectivity index (χ1) is 9.58. The lowest BCUT2D eigenvalue weighted by Gasteiger charge is -2.21. The maximum atomic E-state index is 11.9. The van der Waals surface area contributed by atoms with E-state index in [2.05, 4.69) is 0 Å². The number of ether oxygens (including phenoxy) is 2. The quantitative estimate of drug-likeness (QED) is 0.390. The van der Waals surface area contributed by atoms with Crippen LogP contribution in [-0.2, 0) is 9.47 Å². The highest BCUT2D eigenvalue weighted by molar-refractivity contribution is 5.95. The van der Waals surface area contributed by atoms with Crippen molar-refractivity contribution in [3.63, 3.8) is 0 Å². The van der Waals surface area contributed by atoms with E-state index in [1.807, 2.05) is 0 Å². The molecule has 0 atom stereocenters. The molecule has 0 aromatic heterocycles. The van der Waals surface area contributed by atoms with E-state index in [-0.39, 0.29) is 29.5 Å². The molecule has 0 amide bonds. The smallest absolute Gasteiger partial charge is 0.340 e. The lowest BCUT2D eigenvalue weighted by molar-refractivity contribution is -0.384. The van der Waals surface area contributed by atoms with E-state index >= 15 is 0 Å². The molecule has 0 saturated carbocycles. The Labute approximate surface area is 115 Å². The second kappa shape index (κ2) is 6.33. The van der Waals surface area contributed by atoms with Crippen molar-refractivity contribution in [2.24, 2.45) is 5.92 Å². The summed E-state index contributed by atoms with van der Waals surface area (Å²) < 4.78 is 10.4. The first kappa shape index (κ1) is 14.3. The standard InChI is InChI=1S/C13H16N2O5/c14-12-2-1-10(15(17)18)7-11(12)13(16)20-8-9-3-5-19-6-4-9/h1-2,7,9H,3-6,8,14H2. The van der Waals surface area contributed by atoms with Crippen LogP contribution in [0.25, 0.3) is 0 Å². The number of anilines is 1. The zero-order valence-electron chi connectivity index (χ0n) is 10.9. The van der Waals surface area contributed by atoms with Crippen molar-refractivity contribution in [2.75, 3.05) is 25.6 Å². The van der Waals surface area contributed by atoms with Gasteiger partial charge in [0.1, 0.15) is 0 Å². The van der Waals surface area contributed by atoms with Crippen molar-refractivity contribution in [3.8, 4) is 0 Å². The van der Waals surface area contributed by atoms with Gasteiger partial charge in [0, 0.05) is 31.0 Å². The van der Waals surface area contributed by atoms with Crippen LogP contribution in [-0.4, -0.2) is 30.7 Å². The van der Waals surface area contributed by atoms with E-state index in [9.17, 15) is 14.9 Å². The van der Waals surface area contributed by atoms with Gasteiger partial charge in [0.25, 0.3) is 5.69 Å². The number of carbonyl (C=O) groups is 1. The third-order valence-electron chi connectivity index (χ3n) is 3.26. The molecule has 7 nitrogen and oxygen atoms in total. The number of nitro groups is 1. The largest absolute Gasteiger partial charge is 0.462 e. The fraction of sp³-hybridized carbons (Fsp3) is 0.462. The number of nitrogen functional groups attached to an aromatic ring is 1. The Morgan fingerprint density at radius 3 is 2.80 bits per heavy atom. The third kappa shape index (κ3) is 3.45. The van der Waals surface area contributed by atoms with Crippen molar-refractivity contribution >= 4 is 17.3 Å². The molecule has 1 aliphatic heterocycles. The Morgan fingerprint density at radius 1 is 1.45 bits per heavy atom. The zero-order chi connectivity index (χ0) is 14.5. The number of rotatable bonds is 4. The van der Waals surface area contributed by atoms with Crippen molar-refractivity contribution in [1.82, 2.24) is 0 Å². The normalized spacial score (nSPS) is 15.8. The lowest BCUT2D eigenvalue weighted by atomic mass is 10.0. The van der Waals surface area contributed by atoms with Crippen LogP contribution in [0.2, 0.25) is 0 Å². The van der Waals surface area contributed by atoms with Gasteiger partial charge >= 0.3 is 5.97 Å². The van der Waals surface area contributed by atoms with Gasteiger partial charge in [0.05, 0.1) is 17.1 Å². The number of esters is 1. The van der Waals surface area contributed by atoms with E-state index in [1.165, 1.54) is 12.1 Å². The summed E-state index contributed by atoms with van der Waals surface area (Å²) in [5.41, 5.74) is 5.68. The highest BCUT2D eigenvalue weighted by Crippen LogP contribution is 2.21. The first-order valence-corrected chi connectivity index (χ1v) is 6.36. The summed E-state index contributed by atoms with van der Waals surface area (Å²) in [7, 11) is 0. The second-order valence-corrected chi connectivity index (χ2v) is 4.68. The molecule has 0 bridgehead atoms. The number of carbonyl (C=O) groups excluding carboxylic acids is 1. The van der Waals surface area contributed by atoms with Gasteiger partial charge in [-0.3, -0.25) is 10.1 Å². The van der Waals surface area contributed by atoms with Gasteiger partial charge in [-0.2, -0.15) is 0 Å². The van der Waals surface area contributed by atoms with Crippen LogP contribution < -0.4 is 5.73 Å². The van der Waals surface area contributed by atoms with E-state index in [4.69, 9.17) is 15.2 Å². The number of hydrogen-bond acceptors (Lipinski definition) is 6. The maximum Gasteiger partial charge on any atom is 0.340 e. The Hall–Kier alpha value is -2.15. The molecule has 1 saturated heterocycles. The van der Waals surface area contributed by atoms with Crippen LogP contribution in [0.15, 0.2) is 18.2 Å². The summed E-state index contributed by atoms with van der Waals surface area (Å²) in [6.07, 6.45) is 1.69. The molecule has 1 aromatic rings. The number of hydrogen-bond donors (Lipinski definition) is 1. The minimum absolute atomic E-state index is 0.0336. The molecule has 2 N–H and O–H groups in total. The number of benzene rings is 1. The minimum Gasteiger partial charge on any atom is -0.462 e. The third-order valence-corrected chi connectivity index (χ3v) is 3.26. The highest BCUT2D eigenvalue weighted by atomic mass is 16.6. The fourth-order valence-corrected chi connectivity index (χ4v) is 2.02. The summed E-state index contributed by atoms with van der Waals surface area (Å²) in [4.78, 5) is 22.0. The topological polar surface area (TPSA) is 105 Å². The summed E-state index contributed by atoms with van der Waals surface area (Å²) in [6, 6.07) is 3.73. The zero-order valence-corrected chi connectivity index (χ0v) is 10.9. The van der Waals surface area contributed by atoms with Crippen LogP contribution in [0.5, 0.6) is 0 Å². The second-order valence-electron chi connectivity index (χ2n) is 4.68. The molecule has 1 heterocycles. The van der Waals surface area contributed by atoms with Gasteiger partial charge in [-0.25, -0.2) is 4.79 Å². The number of nitrogens with two attached hydrogens (primary N) is 1. The van der Waals surface area contributed by atoms with Crippen LogP contribution in [0.1, 0.15) is 23.2 Å². The van der Waals surface area contributed by atoms with E-state index in [0.29, 0.717) is 13.2 Å². The predicted octanol–water partition coefficient (Wildman–Crippen LogP) is 1.76. The molecule has 0 aliphatic carbocycles. The Kier molecular flexibility index (Phi) is 4.52. The molecule has 1 aliphatic rings. The summed E-state index contributed by atoms with van der Waals surface area (Å²) >= 11 is 0. The molecule has 1 fully saturated rings. The molecule has 0 spiro atoms. The van der Waals surface area contributed by atoms with E-state index in [1.54, 1.807) is 0 Å². The van der Waals surface area contributed by atoms with Crippen molar-refractivity contribution < 1.29 is 19.2 Å². The molecule has 0 unspecified atom stereocenters. The van der Waals surface area contributed by atoms with E-state index < -0.39 is 10.9 Å². The van der Waals surface area contributed by atoms with Crippen LogP contribution in [0.3, 0.4) is 0 Å².